The van der Waals surface area contributed by atoms with E-state index in [1.165, 1.54) is 6.07 Å². The van der Waals surface area contributed by atoms with Crippen molar-refractivity contribution < 1.29 is 9.53 Å². The molecule has 0 aliphatic heterocycles. The fourth-order valence-corrected chi connectivity index (χ4v) is 1.12. The van der Waals surface area contributed by atoms with Crippen molar-refractivity contribution in [2.45, 2.75) is 19.4 Å². The first kappa shape index (κ1) is 11.5. The summed E-state index contributed by atoms with van der Waals surface area (Å²) < 4.78 is 4.91. The fourth-order valence-electron chi connectivity index (χ4n) is 1.12. The number of nitrogen functional groups attached to an aromatic ring is 1. The number of H-pyrrole nitrogens is 1. The molecule has 6 nitrogen and oxygen atoms in total. The Kier molecular flexibility index (Phi) is 4.11. The first-order valence-electron chi connectivity index (χ1n) is 4.74. The van der Waals surface area contributed by atoms with Crippen LogP contribution in [0.3, 0.4) is 0 Å². The van der Waals surface area contributed by atoms with Crippen LogP contribution in [0.4, 0.5) is 5.82 Å². The second-order valence-corrected chi connectivity index (χ2v) is 3.36. The first-order chi connectivity index (χ1) is 7.13. The molecule has 0 aliphatic rings. The predicted octanol–water partition coefficient (Wildman–Crippen LogP) is 0.147. The molecule has 0 radical (unpaired) electrons. The zero-order chi connectivity index (χ0) is 11.3. The van der Waals surface area contributed by atoms with Gasteiger partial charge in [-0.2, -0.15) is 5.10 Å². The molecule has 4 N–H and O–H groups in total. The molecule has 1 amide bonds. The highest BCUT2D eigenvalue weighted by molar-refractivity contribution is 5.93. The lowest BCUT2D eigenvalue weighted by Gasteiger charge is -2.11. The van der Waals surface area contributed by atoms with Crippen LogP contribution in [0.2, 0.25) is 0 Å². The number of ether oxygens (including phenoxy) is 1. The van der Waals surface area contributed by atoms with Crippen molar-refractivity contribution in [2.75, 3.05) is 19.5 Å². The summed E-state index contributed by atoms with van der Waals surface area (Å²) in [6.45, 7) is 2.53. The molecule has 1 heterocycles. The maximum Gasteiger partial charge on any atom is 0.269 e. The Balaban J connectivity index is 2.42. The number of carbonyl (C=O) groups excluding carboxylic acids is 1. The van der Waals surface area contributed by atoms with Crippen LogP contribution >= 0.6 is 0 Å². The molecule has 0 fully saturated rings. The topological polar surface area (TPSA) is 93.0 Å². The van der Waals surface area contributed by atoms with E-state index in [0.717, 1.165) is 6.42 Å². The zero-order valence-corrected chi connectivity index (χ0v) is 8.91. The minimum atomic E-state index is -0.206. The summed E-state index contributed by atoms with van der Waals surface area (Å²) >= 11 is 0. The molecule has 0 aliphatic carbocycles. The summed E-state index contributed by atoms with van der Waals surface area (Å²) in [4.78, 5) is 11.6. The van der Waals surface area contributed by atoms with Crippen LogP contribution in [0, 0.1) is 0 Å². The van der Waals surface area contributed by atoms with E-state index in [9.17, 15) is 4.79 Å². The first-order valence-corrected chi connectivity index (χ1v) is 4.74. The molecule has 1 rings (SSSR count). The van der Waals surface area contributed by atoms with Crippen molar-refractivity contribution in [3.63, 3.8) is 0 Å². The highest BCUT2D eigenvalue weighted by Gasteiger charge is 2.11. The SMILES string of the molecule is COCCC(C)NC(=O)c1cc(N)n[nH]1. The molecule has 0 spiro atoms. The molecule has 0 aromatic carbocycles. The number of aromatic nitrogens is 2. The quantitative estimate of drug-likeness (QED) is 0.647. The summed E-state index contributed by atoms with van der Waals surface area (Å²) in [5.74, 6) is 0.104. The number of amides is 1. The lowest BCUT2D eigenvalue weighted by atomic mass is 10.2. The van der Waals surface area contributed by atoms with Crippen molar-refractivity contribution in [1.82, 2.24) is 15.5 Å². The largest absolute Gasteiger partial charge is 0.385 e. The number of aromatic amines is 1. The minimum absolute atomic E-state index is 0.0574. The van der Waals surface area contributed by atoms with Gasteiger partial charge in [0.15, 0.2) is 0 Å². The Bertz CT molecular complexity index is 324. The number of hydrogen-bond acceptors (Lipinski definition) is 4. The van der Waals surface area contributed by atoms with Gasteiger partial charge in [0.05, 0.1) is 0 Å². The Morgan fingerprint density at radius 2 is 2.53 bits per heavy atom. The molecule has 1 unspecified atom stereocenters. The van der Waals surface area contributed by atoms with E-state index in [2.05, 4.69) is 15.5 Å². The second kappa shape index (κ2) is 5.35. The maximum absolute atomic E-state index is 11.6. The molecule has 1 aromatic heterocycles. The predicted molar refractivity (Wildman–Crippen MR) is 56.4 cm³/mol. The van der Waals surface area contributed by atoms with E-state index in [1.54, 1.807) is 7.11 Å². The molecular formula is C9H16N4O2. The Hall–Kier alpha value is -1.56. The van der Waals surface area contributed by atoms with Gasteiger partial charge < -0.3 is 15.8 Å². The molecule has 1 aromatic rings. The summed E-state index contributed by atoms with van der Waals surface area (Å²) in [7, 11) is 1.63. The van der Waals surface area contributed by atoms with Crippen molar-refractivity contribution in [1.29, 1.82) is 0 Å². The van der Waals surface area contributed by atoms with Gasteiger partial charge in [-0.05, 0) is 13.3 Å². The number of nitrogens with two attached hydrogens (primary N) is 1. The van der Waals surface area contributed by atoms with Gasteiger partial charge in [-0.1, -0.05) is 0 Å². The zero-order valence-electron chi connectivity index (χ0n) is 8.91. The molecule has 0 saturated carbocycles. The number of rotatable bonds is 5. The standard InChI is InChI=1S/C9H16N4O2/c1-6(3-4-15-2)11-9(14)7-5-8(10)13-12-7/h5-6H,3-4H2,1-2H3,(H,11,14)(H3,10,12,13). The monoisotopic (exact) mass is 212 g/mol. The van der Waals surface area contributed by atoms with Gasteiger partial charge in [0.2, 0.25) is 0 Å². The number of nitrogens with zero attached hydrogens (tertiary/aromatic N) is 1. The fraction of sp³-hybridized carbons (Fsp3) is 0.556. The summed E-state index contributed by atoms with van der Waals surface area (Å²) in [6.07, 6.45) is 0.770. The average Bonchev–Trinajstić information content (AvgIpc) is 2.61. The number of carbonyl (C=O) groups is 1. The van der Waals surface area contributed by atoms with Gasteiger partial charge >= 0.3 is 0 Å². The molecule has 6 heteroatoms. The van der Waals surface area contributed by atoms with Crippen LogP contribution < -0.4 is 11.1 Å². The third-order valence-corrected chi connectivity index (χ3v) is 1.97. The van der Waals surface area contributed by atoms with Gasteiger partial charge in [0, 0.05) is 25.8 Å². The normalized spacial score (nSPS) is 12.4. The molecule has 1 atom stereocenters. The van der Waals surface area contributed by atoms with Crippen molar-refractivity contribution >= 4 is 11.7 Å². The van der Waals surface area contributed by atoms with Crippen LogP contribution in [0.15, 0.2) is 6.07 Å². The number of anilines is 1. The lowest BCUT2D eigenvalue weighted by molar-refractivity contribution is 0.0924. The van der Waals surface area contributed by atoms with E-state index >= 15 is 0 Å². The molecular weight excluding hydrogens is 196 g/mol. The van der Waals surface area contributed by atoms with Crippen molar-refractivity contribution in [3.05, 3.63) is 11.8 Å². The van der Waals surface area contributed by atoms with Crippen LogP contribution in [-0.4, -0.2) is 35.9 Å². The molecule has 0 bridgehead atoms. The van der Waals surface area contributed by atoms with Gasteiger partial charge in [0.1, 0.15) is 11.5 Å². The number of nitrogens with one attached hydrogen (secondary N) is 2. The van der Waals surface area contributed by atoms with Gasteiger partial charge in [0.25, 0.3) is 5.91 Å². The van der Waals surface area contributed by atoms with Gasteiger partial charge in [-0.15, -0.1) is 0 Å². The third kappa shape index (κ3) is 3.59. The van der Waals surface area contributed by atoms with Crippen molar-refractivity contribution in [2.24, 2.45) is 0 Å². The molecule has 15 heavy (non-hydrogen) atoms. The summed E-state index contributed by atoms with van der Waals surface area (Å²) in [5.41, 5.74) is 5.76. The van der Waals surface area contributed by atoms with Crippen LogP contribution in [0.5, 0.6) is 0 Å². The van der Waals surface area contributed by atoms with E-state index in [-0.39, 0.29) is 11.9 Å². The highest BCUT2D eigenvalue weighted by atomic mass is 16.5. The van der Waals surface area contributed by atoms with Gasteiger partial charge in [-0.25, -0.2) is 0 Å². The highest BCUT2D eigenvalue weighted by Crippen LogP contribution is 2.01. The molecule has 84 valence electrons. The minimum Gasteiger partial charge on any atom is -0.385 e. The third-order valence-electron chi connectivity index (χ3n) is 1.97. The van der Waals surface area contributed by atoms with Crippen molar-refractivity contribution in [3.8, 4) is 0 Å². The maximum atomic E-state index is 11.6. The Labute approximate surface area is 88.2 Å². The van der Waals surface area contributed by atoms with E-state index in [1.807, 2.05) is 6.92 Å². The number of methoxy groups -OCH3 is 1. The smallest absolute Gasteiger partial charge is 0.269 e. The van der Waals surface area contributed by atoms with Crippen LogP contribution in [0.1, 0.15) is 23.8 Å². The van der Waals surface area contributed by atoms with Crippen LogP contribution in [-0.2, 0) is 4.74 Å². The van der Waals surface area contributed by atoms with Crippen LogP contribution in [0.25, 0.3) is 0 Å². The number of hydrogen-bond donors (Lipinski definition) is 3. The van der Waals surface area contributed by atoms with Gasteiger partial charge in [-0.3, -0.25) is 9.89 Å². The second-order valence-electron chi connectivity index (χ2n) is 3.36. The van der Waals surface area contributed by atoms with E-state index in [0.29, 0.717) is 18.1 Å². The summed E-state index contributed by atoms with van der Waals surface area (Å²) in [6, 6.07) is 1.56. The average molecular weight is 212 g/mol. The Morgan fingerprint density at radius 1 is 1.80 bits per heavy atom. The molecule has 0 saturated heterocycles. The lowest BCUT2D eigenvalue weighted by Crippen LogP contribution is -2.33. The van der Waals surface area contributed by atoms with E-state index in [4.69, 9.17) is 10.5 Å². The Morgan fingerprint density at radius 3 is 3.07 bits per heavy atom. The van der Waals surface area contributed by atoms with E-state index < -0.39 is 0 Å². The summed E-state index contributed by atoms with van der Waals surface area (Å²) in [5, 5.41) is 9.02.